The number of nitrogens with one attached hydrogen (secondary N) is 1. The van der Waals surface area contributed by atoms with Crippen LogP contribution in [-0.2, 0) is 15.8 Å². The summed E-state index contributed by atoms with van der Waals surface area (Å²) >= 11 is 0. The Kier molecular flexibility index (Phi) is 10.1. The highest BCUT2D eigenvalue weighted by atomic mass is 19.4. The van der Waals surface area contributed by atoms with Gasteiger partial charge in [0.2, 0.25) is 0 Å². The van der Waals surface area contributed by atoms with Crippen molar-refractivity contribution in [1.29, 1.82) is 0 Å². The third-order valence-electron chi connectivity index (χ3n) is 3.42. The molecule has 1 rings (SSSR count). The van der Waals surface area contributed by atoms with Crippen LogP contribution in [0.4, 0.5) is 13.2 Å². The van der Waals surface area contributed by atoms with E-state index in [1.807, 2.05) is 0 Å². The summed E-state index contributed by atoms with van der Waals surface area (Å²) in [5.74, 6) is 0. The first-order valence-corrected chi connectivity index (χ1v) is 8.25. The van der Waals surface area contributed by atoms with E-state index in [-0.39, 0.29) is 0 Å². The number of rotatable bonds is 12. The van der Waals surface area contributed by atoms with Crippen molar-refractivity contribution < 1.29 is 22.7 Å². The molecule has 0 atom stereocenters. The zero-order chi connectivity index (χ0) is 18.5. The Labute approximate surface area is 146 Å². The molecule has 0 heterocycles. The Bertz CT molecular complexity index is 505. The van der Waals surface area contributed by atoms with Crippen molar-refractivity contribution >= 4 is 5.71 Å². The van der Waals surface area contributed by atoms with E-state index in [1.165, 1.54) is 12.1 Å². The summed E-state index contributed by atoms with van der Waals surface area (Å²) < 4.78 is 43.0. The van der Waals surface area contributed by atoms with Crippen LogP contribution in [0.1, 0.15) is 30.4 Å². The topological polar surface area (TPSA) is 68.9 Å². The Morgan fingerprint density at radius 2 is 1.84 bits per heavy atom. The molecule has 0 unspecified atom stereocenters. The molecular formula is C17H26F3N3O2. The average Bonchev–Trinajstić information content (AvgIpc) is 2.59. The predicted molar refractivity (Wildman–Crippen MR) is 91.6 cm³/mol. The van der Waals surface area contributed by atoms with Crippen LogP contribution in [0.3, 0.4) is 0 Å². The second-order valence-electron chi connectivity index (χ2n) is 5.43. The number of nitrogens with two attached hydrogens (primary N) is 1. The van der Waals surface area contributed by atoms with E-state index in [0.29, 0.717) is 50.5 Å². The molecule has 0 saturated heterocycles. The lowest BCUT2D eigenvalue weighted by Crippen LogP contribution is -2.25. The molecule has 25 heavy (non-hydrogen) atoms. The maximum absolute atomic E-state index is 12.7. The number of unbranched alkanes of at least 4 members (excludes halogenated alkanes) is 1. The van der Waals surface area contributed by atoms with Crippen molar-refractivity contribution in [2.24, 2.45) is 10.9 Å². The molecule has 1 aromatic carbocycles. The SMILES string of the molecule is COCCCC/C(=N\OCCNCCN)c1ccc(C(F)(F)F)cc1. The van der Waals surface area contributed by atoms with E-state index in [2.05, 4.69) is 10.5 Å². The van der Waals surface area contributed by atoms with Gasteiger partial charge in [-0.3, -0.25) is 0 Å². The number of oxime groups is 1. The molecule has 0 aliphatic carbocycles. The Morgan fingerprint density at radius 3 is 2.44 bits per heavy atom. The van der Waals surface area contributed by atoms with Crippen LogP contribution < -0.4 is 11.1 Å². The summed E-state index contributed by atoms with van der Waals surface area (Å²) in [5.41, 5.74) is 5.94. The van der Waals surface area contributed by atoms with Crippen molar-refractivity contribution in [2.75, 3.05) is 40.0 Å². The molecule has 0 aromatic heterocycles. The fourth-order valence-corrected chi connectivity index (χ4v) is 2.10. The smallest absolute Gasteiger partial charge is 0.394 e. The molecule has 5 nitrogen and oxygen atoms in total. The van der Waals surface area contributed by atoms with Crippen LogP contribution in [-0.4, -0.2) is 45.7 Å². The normalized spacial score (nSPS) is 12.4. The number of halogens is 3. The number of methoxy groups -OCH3 is 1. The van der Waals surface area contributed by atoms with Gasteiger partial charge in [-0.15, -0.1) is 0 Å². The molecule has 1 aromatic rings. The van der Waals surface area contributed by atoms with Gasteiger partial charge in [-0.2, -0.15) is 13.2 Å². The Morgan fingerprint density at radius 1 is 1.12 bits per heavy atom. The molecule has 3 N–H and O–H groups in total. The van der Waals surface area contributed by atoms with Crippen LogP contribution in [0.2, 0.25) is 0 Å². The fourth-order valence-electron chi connectivity index (χ4n) is 2.10. The lowest BCUT2D eigenvalue weighted by atomic mass is 10.0. The van der Waals surface area contributed by atoms with Gasteiger partial charge in [0.05, 0.1) is 11.3 Å². The number of benzene rings is 1. The molecule has 0 fully saturated rings. The van der Waals surface area contributed by atoms with E-state index >= 15 is 0 Å². The zero-order valence-electron chi connectivity index (χ0n) is 14.4. The highest BCUT2D eigenvalue weighted by molar-refractivity contribution is 6.00. The summed E-state index contributed by atoms with van der Waals surface area (Å²) in [6.45, 7) is 2.83. The van der Waals surface area contributed by atoms with Crippen LogP contribution in [0, 0.1) is 0 Å². The number of hydrogen-bond donors (Lipinski definition) is 2. The van der Waals surface area contributed by atoms with Gasteiger partial charge in [0.1, 0.15) is 6.61 Å². The van der Waals surface area contributed by atoms with E-state index in [0.717, 1.165) is 25.0 Å². The van der Waals surface area contributed by atoms with Gasteiger partial charge in [-0.25, -0.2) is 0 Å². The second kappa shape index (κ2) is 11.8. The molecule has 142 valence electrons. The summed E-state index contributed by atoms with van der Waals surface area (Å²) in [4.78, 5) is 5.28. The van der Waals surface area contributed by atoms with Crippen molar-refractivity contribution in [3.63, 3.8) is 0 Å². The number of alkyl halides is 3. The van der Waals surface area contributed by atoms with Crippen LogP contribution in [0.5, 0.6) is 0 Å². The minimum absolute atomic E-state index is 0.363. The molecule has 0 amide bonds. The standard InChI is InChI=1S/C17H26F3N3O2/c1-24-12-3-2-4-16(23-25-13-11-22-10-9-21)14-5-7-15(8-6-14)17(18,19)20/h5-8,22H,2-4,9-13,21H2,1H3/b23-16+. The van der Waals surface area contributed by atoms with Crippen molar-refractivity contribution in [2.45, 2.75) is 25.4 Å². The van der Waals surface area contributed by atoms with Crippen LogP contribution in [0.25, 0.3) is 0 Å². The number of hydrogen-bond acceptors (Lipinski definition) is 5. The van der Waals surface area contributed by atoms with Gasteiger partial charge in [-0.05, 0) is 37.0 Å². The van der Waals surface area contributed by atoms with E-state index in [1.54, 1.807) is 7.11 Å². The maximum Gasteiger partial charge on any atom is 0.416 e. The first kappa shape index (κ1) is 21.4. The Hall–Kier alpha value is -1.64. The van der Waals surface area contributed by atoms with Gasteiger partial charge in [0.15, 0.2) is 0 Å². The summed E-state index contributed by atoms with van der Waals surface area (Å²) in [6.07, 6.45) is -2.10. The maximum atomic E-state index is 12.7. The van der Waals surface area contributed by atoms with Gasteiger partial charge < -0.3 is 20.6 Å². The molecule has 8 heteroatoms. The summed E-state index contributed by atoms with van der Waals surface area (Å²) in [7, 11) is 1.63. The minimum Gasteiger partial charge on any atom is -0.394 e. The molecule has 0 bridgehead atoms. The average molecular weight is 361 g/mol. The number of ether oxygens (including phenoxy) is 1. The van der Waals surface area contributed by atoms with E-state index in [4.69, 9.17) is 15.3 Å². The molecule has 0 aliphatic heterocycles. The monoisotopic (exact) mass is 361 g/mol. The highest BCUT2D eigenvalue weighted by Gasteiger charge is 2.30. The predicted octanol–water partition coefficient (Wildman–Crippen LogP) is 2.79. The lowest BCUT2D eigenvalue weighted by molar-refractivity contribution is -0.137. The molecular weight excluding hydrogens is 335 g/mol. The third-order valence-corrected chi connectivity index (χ3v) is 3.42. The number of nitrogens with zero attached hydrogens (tertiary/aromatic N) is 1. The van der Waals surface area contributed by atoms with Crippen LogP contribution >= 0.6 is 0 Å². The van der Waals surface area contributed by atoms with Gasteiger partial charge in [0, 0.05) is 33.4 Å². The fraction of sp³-hybridized carbons (Fsp3) is 0.588. The quantitative estimate of drug-likeness (QED) is 0.341. The van der Waals surface area contributed by atoms with Crippen molar-refractivity contribution in [3.05, 3.63) is 35.4 Å². The van der Waals surface area contributed by atoms with E-state index in [9.17, 15) is 13.2 Å². The summed E-state index contributed by atoms with van der Waals surface area (Å²) in [6, 6.07) is 4.97. The molecule has 0 aliphatic rings. The molecule has 0 spiro atoms. The van der Waals surface area contributed by atoms with Crippen LogP contribution in [0.15, 0.2) is 29.4 Å². The van der Waals surface area contributed by atoms with Gasteiger partial charge >= 0.3 is 6.18 Å². The molecule has 0 radical (unpaired) electrons. The van der Waals surface area contributed by atoms with Crippen molar-refractivity contribution in [1.82, 2.24) is 5.32 Å². The highest BCUT2D eigenvalue weighted by Crippen LogP contribution is 2.29. The van der Waals surface area contributed by atoms with Gasteiger partial charge in [0.25, 0.3) is 0 Å². The first-order chi connectivity index (χ1) is 12.0. The third kappa shape index (κ3) is 8.85. The van der Waals surface area contributed by atoms with Crippen molar-refractivity contribution in [3.8, 4) is 0 Å². The largest absolute Gasteiger partial charge is 0.416 e. The molecule has 0 saturated carbocycles. The summed E-state index contributed by atoms with van der Waals surface area (Å²) in [5, 5.41) is 7.18. The lowest BCUT2D eigenvalue weighted by Gasteiger charge is -2.10. The van der Waals surface area contributed by atoms with E-state index < -0.39 is 11.7 Å². The zero-order valence-corrected chi connectivity index (χ0v) is 14.4. The Balaban J connectivity index is 2.68. The second-order valence-corrected chi connectivity index (χ2v) is 5.43. The van der Waals surface area contributed by atoms with Gasteiger partial charge in [-0.1, -0.05) is 17.3 Å². The first-order valence-electron chi connectivity index (χ1n) is 8.25. The minimum atomic E-state index is -4.35.